The highest BCUT2D eigenvalue weighted by Gasteiger charge is 2.30. The number of carbonyl (C=O) groups is 1. The average Bonchev–Trinajstić information content (AvgIpc) is 2.86. The highest BCUT2D eigenvalue weighted by Crippen LogP contribution is 2.27. The fraction of sp³-hybridized carbons (Fsp3) is 0.462. The van der Waals surface area contributed by atoms with Gasteiger partial charge in [0.05, 0.1) is 12.7 Å². The van der Waals surface area contributed by atoms with Crippen LogP contribution in [0.25, 0.3) is 0 Å². The Labute approximate surface area is 110 Å². The normalized spacial score (nSPS) is 23.2. The van der Waals surface area contributed by atoms with Crippen LogP contribution in [0.1, 0.15) is 18.4 Å². The summed E-state index contributed by atoms with van der Waals surface area (Å²) in [5.41, 5.74) is 0.891. The number of hydrogen-bond donors (Lipinski definition) is 2. The van der Waals surface area contributed by atoms with Crippen LogP contribution in [0.5, 0.6) is 0 Å². The Morgan fingerprint density at radius 1 is 1.33 bits per heavy atom. The van der Waals surface area contributed by atoms with Crippen LogP contribution in [0, 0.1) is 0 Å². The lowest BCUT2D eigenvalue weighted by Gasteiger charge is -2.10. The number of carboxylic acid groups (broad SMARTS) is 1. The summed E-state index contributed by atoms with van der Waals surface area (Å²) in [6, 6.07) is 7.69. The molecule has 1 aromatic rings. The minimum atomic E-state index is -0.866. The molecular formula is C13H16O4S. The minimum absolute atomic E-state index is 0.0219. The van der Waals surface area contributed by atoms with Crippen molar-refractivity contribution in [3.05, 3.63) is 29.8 Å². The van der Waals surface area contributed by atoms with Crippen molar-refractivity contribution < 1.29 is 19.7 Å². The van der Waals surface area contributed by atoms with E-state index in [1.54, 1.807) is 11.8 Å². The van der Waals surface area contributed by atoms with Crippen LogP contribution in [0.4, 0.5) is 0 Å². The highest BCUT2D eigenvalue weighted by atomic mass is 32.2. The number of rotatable bonds is 5. The monoisotopic (exact) mass is 268 g/mol. The Morgan fingerprint density at radius 3 is 2.61 bits per heavy atom. The number of benzene rings is 1. The Morgan fingerprint density at radius 2 is 2.06 bits per heavy atom. The van der Waals surface area contributed by atoms with Gasteiger partial charge in [-0.25, -0.2) is 4.79 Å². The average molecular weight is 268 g/mol. The van der Waals surface area contributed by atoms with Crippen molar-refractivity contribution in [1.82, 2.24) is 0 Å². The van der Waals surface area contributed by atoms with E-state index < -0.39 is 12.1 Å². The maximum absolute atomic E-state index is 10.7. The molecule has 0 bridgehead atoms. The molecule has 2 rings (SSSR count). The lowest BCUT2D eigenvalue weighted by Crippen LogP contribution is -2.21. The van der Waals surface area contributed by atoms with E-state index in [9.17, 15) is 4.79 Å². The van der Waals surface area contributed by atoms with Crippen molar-refractivity contribution in [1.29, 1.82) is 0 Å². The predicted molar refractivity (Wildman–Crippen MR) is 68.6 cm³/mol. The molecule has 1 fully saturated rings. The third kappa shape index (κ3) is 3.48. The van der Waals surface area contributed by atoms with Gasteiger partial charge in [0, 0.05) is 10.6 Å². The lowest BCUT2D eigenvalue weighted by atomic mass is 10.2. The number of thioether (sulfide) groups is 1. The van der Waals surface area contributed by atoms with E-state index in [1.807, 2.05) is 24.3 Å². The molecule has 1 aliphatic rings. The second kappa shape index (κ2) is 6.22. The van der Waals surface area contributed by atoms with E-state index in [0.29, 0.717) is 6.42 Å². The predicted octanol–water partition coefficient (Wildman–Crippen LogP) is 1.90. The largest absolute Gasteiger partial charge is 0.479 e. The number of carboxylic acids is 1. The van der Waals surface area contributed by atoms with Crippen LogP contribution < -0.4 is 0 Å². The summed E-state index contributed by atoms with van der Waals surface area (Å²) in [7, 11) is 0. The van der Waals surface area contributed by atoms with Crippen LogP contribution in [0.2, 0.25) is 0 Å². The number of aliphatic hydroxyl groups is 1. The van der Waals surface area contributed by atoms with Crippen LogP contribution in [-0.4, -0.2) is 34.1 Å². The molecule has 0 radical (unpaired) electrons. The molecule has 1 aromatic carbocycles. The van der Waals surface area contributed by atoms with Crippen LogP contribution in [0.3, 0.4) is 0 Å². The Hall–Kier alpha value is -1.04. The molecule has 2 N–H and O–H groups in total. The van der Waals surface area contributed by atoms with Crippen LogP contribution in [0.15, 0.2) is 29.2 Å². The summed E-state index contributed by atoms with van der Waals surface area (Å²) in [5.74, 6) is -0.0998. The van der Waals surface area contributed by atoms with Crippen molar-refractivity contribution in [3.8, 4) is 0 Å². The van der Waals surface area contributed by atoms with Gasteiger partial charge in [-0.1, -0.05) is 12.1 Å². The SMILES string of the molecule is O=C(O)C1CCC(CSc2ccc(CO)cc2)O1. The van der Waals surface area contributed by atoms with Gasteiger partial charge < -0.3 is 14.9 Å². The fourth-order valence-corrected chi connectivity index (χ4v) is 2.84. The van der Waals surface area contributed by atoms with Gasteiger partial charge >= 0.3 is 5.97 Å². The molecule has 4 nitrogen and oxygen atoms in total. The fourth-order valence-electron chi connectivity index (χ4n) is 1.89. The molecule has 5 heteroatoms. The van der Waals surface area contributed by atoms with Crippen molar-refractivity contribution in [3.63, 3.8) is 0 Å². The minimum Gasteiger partial charge on any atom is -0.479 e. The van der Waals surface area contributed by atoms with E-state index in [4.69, 9.17) is 14.9 Å². The Kier molecular flexibility index (Phi) is 4.63. The van der Waals surface area contributed by atoms with Gasteiger partial charge in [0.2, 0.25) is 0 Å². The summed E-state index contributed by atoms with van der Waals surface area (Å²) in [6.07, 6.45) is 0.795. The molecule has 98 valence electrons. The zero-order valence-electron chi connectivity index (χ0n) is 9.91. The van der Waals surface area contributed by atoms with E-state index >= 15 is 0 Å². The van der Waals surface area contributed by atoms with E-state index in [-0.39, 0.29) is 12.7 Å². The summed E-state index contributed by atoms with van der Waals surface area (Å²) in [5, 5.41) is 17.7. The lowest BCUT2D eigenvalue weighted by molar-refractivity contribution is -0.148. The summed E-state index contributed by atoms with van der Waals surface area (Å²) in [4.78, 5) is 11.8. The van der Waals surface area contributed by atoms with Gasteiger partial charge in [-0.05, 0) is 30.5 Å². The van der Waals surface area contributed by atoms with Gasteiger partial charge in [0.15, 0.2) is 6.10 Å². The van der Waals surface area contributed by atoms with Gasteiger partial charge in [-0.2, -0.15) is 0 Å². The molecule has 2 atom stereocenters. The number of aliphatic hydroxyl groups excluding tert-OH is 1. The third-order valence-corrected chi connectivity index (χ3v) is 4.07. The number of aliphatic carboxylic acids is 1. The number of hydrogen-bond acceptors (Lipinski definition) is 4. The molecule has 0 spiro atoms. The van der Waals surface area contributed by atoms with Gasteiger partial charge in [0.1, 0.15) is 0 Å². The zero-order valence-corrected chi connectivity index (χ0v) is 10.7. The summed E-state index contributed by atoms with van der Waals surface area (Å²) >= 11 is 1.65. The van der Waals surface area contributed by atoms with Crippen molar-refractivity contribution in [2.75, 3.05) is 5.75 Å². The molecule has 0 saturated carbocycles. The molecule has 1 saturated heterocycles. The van der Waals surface area contributed by atoms with Gasteiger partial charge in [0.25, 0.3) is 0 Å². The highest BCUT2D eigenvalue weighted by molar-refractivity contribution is 7.99. The first-order chi connectivity index (χ1) is 8.69. The maximum atomic E-state index is 10.7. The zero-order chi connectivity index (χ0) is 13.0. The molecule has 18 heavy (non-hydrogen) atoms. The van der Waals surface area contributed by atoms with Gasteiger partial charge in [-0.3, -0.25) is 0 Å². The topological polar surface area (TPSA) is 66.8 Å². The van der Waals surface area contributed by atoms with E-state index in [1.165, 1.54) is 0 Å². The molecule has 1 heterocycles. The van der Waals surface area contributed by atoms with Crippen molar-refractivity contribution >= 4 is 17.7 Å². The molecule has 0 aliphatic carbocycles. The van der Waals surface area contributed by atoms with E-state index in [2.05, 4.69) is 0 Å². The quantitative estimate of drug-likeness (QED) is 0.798. The van der Waals surface area contributed by atoms with Crippen LogP contribution in [-0.2, 0) is 16.1 Å². The van der Waals surface area contributed by atoms with Crippen molar-refractivity contribution in [2.45, 2.75) is 36.6 Å². The molecule has 1 aliphatic heterocycles. The molecule has 0 aromatic heterocycles. The summed E-state index contributed by atoms with van der Waals surface area (Å²) in [6.45, 7) is 0.0526. The molecule has 2 unspecified atom stereocenters. The second-order valence-corrected chi connectivity index (χ2v) is 5.37. The van der Waals surface area contributed by atoms with Crippen molar-refractivity contribution in [2.24, 2.45) is 0 Å². The molecular weight excluding hydrogens is 252 g/mol. The third-order valence-electron chi connectivity index (χ3n) is 2.92. The van der Waals surface area contributed by atoms with Crippen LogP contribution >= 0.6 is 11.8 Å². The molecule has 0 amide bonds. The Balaban J connectivity index is 1.79. The number of ether oxygens (including phenoxy) is 1. The van der Waals surface area contributed by atoms with E-state index in [0.717, 1.165) is 22.6 Å². The Bertz CT molecular complexity index is 404. The maximum Gasteiger partial charge on any atom is 0.332 e. The van der Waals surface area contributed by atoms with Gasteiger partial charge in [-0.15, -0.1) is 11.8 Å². The standard InChI is InChI=1S/C13H16O4S/c14-7-9-1-4-11(5-2-9)18-8-10-3-6-12(17-10)13(15)16/h1-2,4-5,10,12,14H,3,6-8H2,(H,15,16). The summed E-state index contributed by atoms with van der Waals surface area (Å²) < 4.78 is 5.43. The first-order valence-corrected chi connectivity index (χ1v) is 6.88. The second-order valence-electron chi connectivity index (χ2n) is 4.28. The first-order valence-electron chi connectivity index (χ1n) is 5.90. The first kappa shape index (κ1) is 13.4. The smallest absolute Gasteiger partial charge is 0.332 e.